The molecule has 0 radical (unpaired) electrons. The lowest BCUT2D eigenvalue weighted by Crippen LogP contribution is -2.49. The molecule has 2 aliphatic rings. The predicted molar refractivity (Wildman–Crippen MR) is 126 cm³/mol. The molecule has 0 aromatic heterocycles. The van der Waals surface area contributed by atoms with Gasteiger partial charge in [-0.3, -0.25) is 14.9 Å². The highest BCUT2D eigenvalue weighted by atomic mass is 16.2. The lowest BCUT2D eigenvalue weighted by molar-refractivity contribution is -0.123. The summed E-state index contributed by atoms with van der Waals surface area (Å²) in [6.07, 6.45) is 1.40. The minimum absolute atomic E-state index is 0.00823. The lowest BCUT2D eigenvalue weighted by Gasteiger charge is -2.32. The van der Waals surface area contributed by atoms with Crippen LogP contribution in [0.15, 0.2) is 48.5 Å². The molecule has 0 spiro atoms. The Balaban J connectivity index is 1.22. The van der Waals surface area contributed by atoms with Crippen molar-refractivity contribution in [2.45, 2.75) is 44.8 Å². The van der Waals surface area contributed by atoms with Crippen LogP contribution in [0.5, 0.6) is 0 Å². The number of urea groups is 2. The predicted octanol–water partition coefficient (Wildman–Crippen LogP) is 2.15. The average molecular weight is 464 g/mol. The maximum absolute atomic E-state index is 12.6. The van der Waals surface area contributed by atoms with Gasteiger partial charge in [0.05, 0.1) is 0 Å². The number of carbonyl (C=O) groups is 4. The molecule has 2 saturated heterocycles. The molecule has 2 aromatic rings. The zero-order valence-electron chi connectivity index (χ0n) is 19.3. The van der Waals surface area contributed by atoms with E-state index in [1.54, 1.807) is 19.1 Å². The van der Waals surface area contributed by atoms with E-state index in [0.717, 1.165) is 11.1 Å². The van der Waals surface area contributed by atoms with E-state index < -0.39 is 17.5 Å². The largest absolute Gasteiger partial charge is 0.338 e. The molecule has 34 heavy (non-hydrogen) atoms. The fourth-order valence-corrected chi connectivity index (χ4v) is 4.23. The van der Waals surface area contributed by atoms with Gasteiger partial charge in [-0.05, 0) is 49.9 Å². The molecule has 2 fully saturated rings. The number of carbonyl (C=O) groups excluding carboxylic acids is 4. The third-order valence-corrected chi connectivity index (χ3v) is 6.44. The first-order valence-electron chi connectivity index (χ1n) is 11.4. The molecule has 4 N–H and O–H groups in total. The van der Waals surface area contributed by atoms with E-state index in [9.17, 15) is 19.2 Å². The number of hydrogen-bond donors (Lipinski definition) is 4. The number of hydrogen-bond acceptors (Lipinski definition) is 4. The summed E-state index contributed by atoms with van der Waals surface area (Å²) in [6.45, 7) is 5.16. The van der Waals surface area contributed by atoms with Crippen LogP contribution in [-0.2, 0) is 16.9 Å². The van der Waals surface area contributed by atoms with Crippen molar-refractivity contribution in [3.8, 4) is 0 Å². The number of benzene rings is 2. The van der Waals surface area contributed by atoms with Crippen molar-refractivity contribution >= 4 is 23.9 Å². The van der Waals surface area contributed by atoms with Crippen LogP contribution < -0.4 is 21.3 Å². The second-order valence-electron chi connectivity index (χ2n) is 8.99. The first kappa shape index (κ1) is 23.3. The van der Waals surface area contributed by atoms with Gasteiger partial charge in [0, 0.05) is 31.2 Å². The molecule has 4 rings (SSSR count). The molecule has 1 unspecified atom stereocenters. The van der Waals surface area contributed by atoms with E-state index in [1.807, 2.05) is 48.2 Å². The van der Waals surface area contributed by atoms with E-state index >= 15 is 0 Å². The Morgan fingerprint density at radius 2 is 1.68 bits per heavy atom. The van der Waals surface area contributed by atoms with Crippen LogP contribution in [0.2, 0.25) is 0 Å². The van der Waals surface area contributed by atoms with Gasteiger partial charge < -0.3 is 20.9 Å². The molecule has 0 bridgehead atoms. The number of nitrogens with zero attached hydrogens (tertiary/aromatic N) is 1. The van der Waals surface area contributed by atoms with Crippen LogP contribution in [0.3, 0.4) is 0 Å². The van der Waals surface area contributed by atoms with E-state index in [0.29, 0.717) is 43.6 Å². The van der Waals surface area contributed by atoms with Crippen LogP contribution >= 0.6 is 0 Å². The zero-order chi connectivity index (χ0) is 24.3. The zero-order valence-corrected chi connectivity index (χ0v) is 19.3. The van der Waals surface area contributed by atoms with Crippen LogP contribution in [0.25, 0.3) is 0 Å². The molecule has 1 atom stereocenters. The highest BCUT2D eigenvalue weighted by Crippen LogP contribution is 2.24. The van der Waals surface area contributed by atoms with Crippen LogP contribution in [0.1, 0.15) is 46.8 Å². The highest BCUT2D eigenvalue weighted by molar-refractivity contribution is 6.07. The Morgan fingerprint density at radius 3 is 2.26 bits per heavy atom. The third kappa shape index (κ3) is 5.03. The number of nitrogens with one attached hydrogen (secondary N) is 4. The molecule has 2 heterocycles. The first-order chi connectivity index (χ1) is 16.2. The summed E-state index contributed by atoms with van der Waals surface area (Å²) in [5.41, 5.74) is 2.23. The molecule has 9 heteroatoms. The minimum atomic E-state index is -1.10. The SMILES string of the molecule is Cc1ccc(C(=O)N2CCC(NC(=O)NCc3ccc(C4(C)NC(=O)NC4=O)cc3)CC2)cc1. The number of imide groups is 1. The minimum Gasteiger partial charge on any atom is -0.338 e. The summed E-state index contributed by atoms with van der Waals surface area (Å²) in [5.74, 6) is -0.371. The van der Waals surface area contributed by atoms with Gasteiger partial charge in [0.1, 0.15) is 5.54 Å². The van der Waals surface area contributed by atoms with Crippen molar-refractivity contribution in [2.75, 3.05) is 13.1 Å². The Hall–Kier alpha value is -3.88. The van der Waals surface area contributed by atoms with Gasteiger partial charge in [-0.1, -0.05) is 42.0 Å². The van der Waals surface area contributed by atoms with E-state index in [4.69, 9.17) is 0 Å². The Kier molecular flexibility index (Phi) is 6.54. The summed E-state index contributed by atoms with van der Waals surface area (Å²) in [4.78, 5) is 50.3. The molecular formula is C25H29N5O4. The maximum atomic E-state index is 12.6. The van der Waals surface area contributed by atoms with E-state index in [-0.39, 0.29) is 18.0 Å². The molecule has 178 valence electrons. The second kappa shape index (κ2) is 9.54. The molecule has 2 aromatic carbocycles. The van der Waals surface area contributed by atoms with Gasteiger partial charge in [-0.15, -0.1) is 0 Å². The summed E-state index contributed by atoms with van der Waals surface area (Å²) in [5, 5.41) is 10.7. The average Bonchev–Trinajstić information content (AvgIpc) is 3.10. The van der Waals surface area contributed by atoms with Crippen molar-refractivity contribution < 1.29 is 19.2 Å². The molecule has 2 aliphatic heterocycles. The van der Waals surface area contributed by atoms with Crippen molar-refractivity contribution in [1.82, 2.24) is 26.2 Å². The smallest absolute Gasteiger partial charge is 0.322 e. The molecule has 0 aliphatic carbocycles. The molecule has 0 saturated carbocycles. The summed E-state index contributed by atoms with van der Waals surface area (Å²) in [6, 6.07) is 14.0. The maximum Gasteiger partial charge on any atom is 0.322 e. The topological polar surface area (TPSA) is 120 Å². The Labute approximate surface area is 198 Å². The second-order valence-corrected chi connectivity index (χ2v) is 8.99. The van der Waals surface area contributed by atoms with Gasteiger partial charge in [0.2, 0.25) is 0 Å². The van der Waals surface area contributed by atoms with Crippen molar-refractivity contribution in [2.24, 2.45) is 0 Å². The first-order valence-corrected chi connectivity index (χ1v) is 11.4. The Bertz CT molecular complexity index is 1090. The monoisotopic (exact) mass is 463 g/mol. The number of amides is 6. The Morgan fingerprint density at radius 1 is 1.03 bits per heavy atom. The van der Waals surface area contributed by atoms with Gasteiger partial charge >= 0.3 is 12.1 Å². The highest BCUT2D eigenvalue weighted by Gasteiger charge is 2.43. The normalized spacial score (nSPS) is 20.5. The molecule has 6 amide bonds. The number of rotatable bonds is 5. The third-order valence-electron chi connectivity index (χ3n) is 6.44. The fraction of sp³-hybridized carbons (Fsp3) is 0.360. The van der Waals surface area contributed by atoms with Crippen molar-refractivity contribution in [3.05, 3.63) is 70.8 Å². The number of likely N-dealkylation sites (tertiary alicyclic amines) is 1. The van der Waals surface area contributed by atoms with Crippen LogP contribution in [0, 0.1) is 6.92 Å². The quantitative estimate of drug-likeness (QED) is 0.508. The van der Waals surface area contributed by atoms with Gasteiger partial charge in [0.25, 0.3) is 11.8 Å². The molecule has 9 nitrogen and oxygen atoms in total. The summed E-state index contributed by atoms with van der Waals surface area (Å²) < 4.78 is 0. The van der Waals surface area contributed by atoms with Crippen molar-refractivity contribution in [1.29, 1.82) is 0 Å². The molecular weight excluding hydrogens is 434 g/mol. The van der Waals surface area contributed by atoms with Crippen LogP contribution in [-0.4, -0.2) is 47.9 Å². The number of piperidine rings is 1. The van der Waals surface area contributed by atoms with Gasteiger partial charge in [0.15, 0.2) is 0 Å². The summed E-state index contributed by atoms with van der Waals surface area (Å²) in [7, 11) is 0. The standard InChI is InChI=1S/C25H29N5O4/c1-16-3-7-18(8-4-16)21(31)30-13-11-20(12-14-30)27-23(33)26-15-17-5-9-19(10-6-17)25(2)22(32)28-24(34)29-25/h3-10,20H,11-15H2,1-2H3,(H2,26,27,33)(H2,28,29,32,34). The summed E-state index contributed by atoms with van der Waals surface area (Å²) >= 11 is 0. The van der Waals surface area contributed by atoms with E-state index in [2.05, 4.69) is 21.3 Å². The number of aryl methyl sites for hydroxylation is 1. The van der Waals surface area contributed by atoms with Crippen LogP contribution in [0.4, 0.5) is 9.59 Å². The van der Waals surface area contributed by atoms with Gasteiger partial charge in [-0.2, -0.15) is 0 Å². The van der Waals surface area contributed by atoms with Crippen molar-refractivity contribution in [3.63, 3.8) is 0 Å². The van der Waals surface area contributed by atoms with Gasteiger partial charge in [-0.25, -0.2) is 9.59 Å². The van der Waals surface area contributed by atoms with E-state index in [1.165, 1.54) is 0 Å². The lowest BCUT2D eigenvalue weighted by atomic mass is 9.91. The fourth-order valence-electron chi connectivity index (χ4n) is 4.23.